The van der Waals surface area contributed by atoms with Crippen LogP contribution in [0.5, 0.6) is 11.5 Å². The molecule has 0 saturated carbocycles. The van der Waals surface area contributed by atoms with Crippen molar-refractivity contribution in [1.82, 2.24) is 14.9 Å². The van der Waals surface area contributed by atoms with Gasteiger partial charge >= 0.3 is 0 Å². The summed E-state index contributed by atoms with van der Waals surface area (Å²) in [5.74, 6) is 2.15. The lowest BCUT2D eigenvalue weighted by molar-refractivity contribution is 0.306. The molecular formula is C23H21ClN4O2S. The van der Waals surface area contributed by atoms with Gasteiger partial charge < -0.3 is 14.9 Å². The lowest BCUT2D eigenvalue weighted by Gasteiger charge is -2.13. The summed E-state index contributed by atoms with van der Waals surface area (Å²) in [5.41, 5.74) is 6.22. The molecule has 0 unspecified atom stereocenters. The fourth-order valence-electron chi connectivity index (χ4n) is 3.16. The van der Waals surface area contributed by atoms with Crippen LogP contribution in [0.15, 0.2) is 72.8 Å². The molecule has 0 aliphatic carbocycles. The fourth-order valence-corrected chi connectivity index (χ4v) is 3.57. The number of ether oxygens (including phenoxy) is 2. The summed E-state index contributed by atoms with van der Waals surface area (Å²) >= 11 is 11.4. The Kier molecular flexibility index (Phi) is 6.54. The van der Waals surface area contributed by atoms with Crippen molar-refractivity contribution in [3.05, 3.63) is 93.7 Å². The molecule has 1 heterocycles. The van der Waals surface area contributed by atoms with Crippen molar-refractivity contribution in [2.24, 2.45) is 0 Å². The SMILES string of the molecule is COc1ccccc1-c1n[nH]c(=S)n1NCc1cccc(OCc2cccc(Cl)c2)c1. The van der Waals surface area contributed by atoms with Gasteiger partial charge in [-0.2, -0.15) is 5.10 Å². The van der Waals surface area contributed by atoms with E-state index in [0.717, 1.165) is 28.2 Å². The van der Waals surface area contributed by atoms with E-state index in [1.54, 1.807) is 11.8 Å². The number of aromatic nitrogens is 3. The average Bonchev–Trinajstić information content (AvgIpc) is 3.16. The summed E-state index contributed by atoms with van der Waals surface area (Å²) in [6.45, 7) is 0.979. The summed E-state index contributed by atoms with van der Waals surface area (Å²) in [7, 11) is 1.63. The van der Waals surface area contributed by atoms with Crippen molar-refractivity contribution in [2.45, 2.75) is 13.2 Å². The molecule has 0 radical (unpaired) electrons. The Bertz CT molecular complexity index is 1240. The van der Waals surface area contributed by atoms with Gasteiger partial charge in [-0.3, -0.25) is 0 Å². The van der Waals surface area contributed by atoms with Gasteiger partial charge in [0.15, 0.2) is 5.82 Å². The fraction of sp³-hybridized carbons (Fsp3) is 0.130. The number of H-pyrrole nitrogens is 1. The van der Waals surface area contributed by atoms with E-state index in [9.17, 15) is 0 Å². The summed E-state index contributed by atoms with van der Waals surface area (Å²) < 4.78 is 13.6. The van der Waals surface area contributed by atoms with E-state index in [0.29, 0.717) is 28.8 Å². The van der Waals surface area contributed by atoms with Gasteiger partial charge in [0.25, 0.3) is 0 Å². The van der Waals surface area contributed by atoms with Crippen molar-refractivity contribution in [3.8, 4) is 22.9 Å². The maximum Gasteiger partial charge on any atom is 0.214 e. The van der Waals surface area contributed by atoms with Gasteiger partial charge in [0.2, 0.25) is 4.77 Å². The van der Waals surface area contributed by atoms with E-state index in [1.165, 1.54) is 0 Å². The number of nitrogens with one attached hydrogen (secondary N) is 2. The lowest BCUT2D eigenvalue weighted by atomic mass is 10.2. The van der Waals surface area contributed by atoms with Gasteiger partial charge in [0, 0.05) is 5.02 Å². The molecule has 0 fully saturated rings. The number of rotatable bonds is 8. The molecule has 0 spiro atoms. The van der Waals surface area contributed by atoms with E-state index in [-0.39, 0.29) is 0 Å². The number of hydrogen-bond donors (Lipinski definition) is 2. The Morgan fingerprint density at radius 2 is 1.84 bits per heavy atom. The van der Waals surface area contributed by atoms with Crippen molar-refractivity contribution >= 4 is 23.8 Å². The summed E-state index contributed by atoms with van der Waals surface area (Å²) in [4.78, 5) is 0. The molecule has 158 valence electrons. The summed E-state index contributed by atoms with van der Waals surface area (Å²) in [6.07, 6.45) is 0. The maximum absolute atomic E-state index is 6.04. The maximum atomic E-state index is 6.04. The molecule has 0 bridgehead atoms. The Morgan fingerprint density at radius 1 is 1.03 bits per heavy atom. The van der Waals surface area contributed by atoms with E-state index in [4.69, 9.17) is 33.3 Å². The smallest absolute Gasteiger partial charge is 0.214 e. The standard InChI is InChI=1S/C23H21ClN4O2S/c1-29-21-11-3-2-10-20(21)22-26-27-23(31)28(22)25-14-16-6-5-9-19(13-16)30-15-17-7-4-8-18(24)12-17/h2-13,25H,14-15H2,1H3,(H,27,31). The minimum absolute atomic E-state index is 0.447. The third-order valence-corrected chi connectivity index (χ3v) is 5.16. The highest BCUT2D eigenvalue weighted by Crippen LogP contribution is 2.27. The number of hydrogen-bond acceptors (Lipinski definition) is 5. The average molecular weight is 453 g/mol. The van der Waals surface area contributed by atoms with Crippen molar-refractivity contribution < 1.29 is 9.47 Å². The summed E-state index contributed by atoms with van der Waals surface area (Å²) in [5, 5.41) is 7.90. The Morgan fingerprint density at radius 3 is 2.68 bits per heavy atom. The monoisotopic (exact) mass is 452 g/mol. The molecule has 31 heavy (non-hydrogen) atoms. The first kappa shape index (κ1) is 21.0. The molecule has 3 aromatic carbocycles. The Balaban J connectivity index is 1.47. The van der Waals surface area contributed by atoms with Gasteiger partial charge in [-0.1, -0.05) is 48.0 Å². The van der Waals surface area contributed by atoms with Gasteiger partial charge in [0.1, 0.15) is 18.1 Å². The largest absolute Gasteiger partial charge is 0.496 e. The third-order valence-electron chi connectivity index (χ3n) is 4.65. The van der Waals surface area contributed by atoms with Crippen LogP contribution in [0.4, 0.5) is 0 Å². The first-order valence-electron chi connectivity index (χ1n) is 9.65. The van der Waals surface area contributed by atoms with Crippen LogP contribution in [-0.4, -0.2) is 22.0 Å². The summed E-state index contributed by atoms with van der Waals surface area (Å²) in [6, 6.07) is 23.2. The number of aromatic amines is 1. The zero-order valence-corrected chi connectivity index (χ0v) is 18.4. The Hall–Kier alpha value is -3.29. The van der Waals surface area contributed by atoms with Gasteiger partial charge in [-0.15, -0.1) is 0 Å². The normalized spacial score (nSPS) is 10.6. The van der Waals surface area contributed by atoms with E-state index < -0.39 is 0 Å². The molecule has 1 aromatic heterocycles. The van der Waals surface area contributed by atoms with Crippen LogP contribution in [0.2, 0.25) is 5.02 Å². The molecular weight excluding hydrogens is 432 g/mol. The number of para-hydroxylation sites is 1. The van der Waals surface area contributed by atoms with E-state index in [2.05, 4.69) is 15.6 Å². The highest BCUT2D eigenvalue weighted by Gasteiger charge is 2.13. The minimum Gasteiger partial charge on any atom is -0.496 e. The molecule has 2 N–H and O–H groups in total. The molecule has 6 nitrogen and oxygen atoms in total. The molecule has 8 heteroatoms. The second kappa shape index (κ2) is 9.68. The van der Waals surface area contributed by atoms with Crippen LogP contribution < -0.4 is 14.9 Å². The number of halogens is 1. The second-order valence-corrected chi connectivity index (χ2v) is 7.61. The van der Waals surface area contributed by atoms with Gasteiger partial charge in [-0.05, 0) is 59.7 Å². The zero-order chi connectivity index (χ0) is 21.6. The van der Waals surface area contributed by atoms with Gasteiger partial charge in [-0.25, -0.2) is 9.77 Å². The highest BCUT2D eigenvalue weighted by atomic mass is 35.5. The first-order chi connectivity index (χ1) is 15.1. The number of methoxy groups -OCH3 is 1. The highest BCUT2D eigenvalue weighted by molar-refractivity contribution is 7.71. The minimum atomic E-state index is 0.447. The van der Waals surface area contributed by atoms with Crippen LogP contribution in [0.3, 0.4) is 0 Å². The van der Waals surface area contributed by atoms with E-state index in [1.807, 2.05) is 72.8 Å². The predicted molar refractivity (Wildman–Crippen MR) is 125 cm³/mol. The van der Waals surface area contributed by atoms with Crippen LogP contribution in [-0.2, 0) is 13.2 Å². The quantitative estimate of drug-likeness (QED) is 0.341. The van der Waals surface area contributed by atoms with Crippen LogP contribution >= 0.6 is 23.8 Å². The van der Waals surface area contributed by atoms with Crippen LogP contribution in [0.25, 0.3) is 11.4 Å². The van der Waals surface area contributed by atoms with Crippen molar-refractivity contribution in [3.63, 3.8) is 0 Å². The molecule has 0 saturated heterocycles. The van der Waals surface area contributed by atoms with Crippen molar-refractivity contribution in [1.29, 1.82) is 0 Å². The van der Waals surface area contributed by atoms with Crippen LogP contribution in [0, 0.1) is 4.77 Å². The van der Waals surface area contributed by atoms with Gasteiger partial charge in [0.05, 0.1) is 19.2 Å². The molecule has 0 aliphatic heterocycles. The third kappa shape index (κ3) is 5.07. The second-order valence-electron chi connectivity index (χ2n) is 6.79. The molecule has 4 rings (SSSR count). The predicted octanol–water partition coefficient (Wildman–Crippen LogP) is 5.59. The number of benzene rings is 3. The molecule has 0 amide bonds. The Labute approximate surface area is 190 Å². The molecule has 0 atom stereocenters. The topological polar surface area (TPSA) is 64.1 Å². The zero-order valence-electron chi connectivity index (χ0n) is 16.8. The van der Waals surface area contributed by atoms with E-state index >= 15 is 0 Å². The van der Waals surface area contributed by atoms with Crippen LogP contribution in [0.1, 0.15) is 11.1 Å². The lowest BCUT2D eigenvalue weighted by Crippen LogP contribution is -2.16. The van der Waals surface area contributed by atoms with Crippen molar-refractivity contribution in [2.75, 3.05) is 12.5 Å². The number of nitrogens with zero attached hydrogens (tertiary/aromatic N) is 2. The molecule has 0 aliphatic rings. The molecule has 4 aromatic rings. The first-order valence-corrected chi connectivity index (χ1v) is 10.4.